The fourth-order valence-corrected chi connectivity index (χ4v) is 7.84. The highest BCUT2D eigenvalue weighted by molar-refractivity contribution is 6.63. The zero-order valence-corrected chi connectivity index (χ0v) is 13.2. The monoisotopic (exact) mass is 254 g/mol. The highest BCUT2D eigenvalue weighted by atomic mass is 28.4. The van der Waals surface area contributed by atoms with Crippen LogP contribution in [0, 0.1) is 0 Å². The number of hydrogen-bond acceptors (Lipinski definition) is 4. The Balaban J connectivity index is 3.57. The van der Waals surface area contributed by atoms with E-state index in [1.807, 2.05) is 33.5 Å². The van der Waals surface area contributed by atoms with Crippen LogP contribution in [0.1, 0.15) is 13.8 Å². The maximum Gasteiger partial charge on any atom is 0.309 e. The van der Waals surface area contributed by atoms with Crippen molar-refractivity contribution in [3.05, 3.63) is 0 Å². The summed E-state index contributed by atoms with van der Waals surface area (Å²) in [5.41, 5.74) is 0. The molecule has 0 aromatic carbocycles. The minimum atomic E-state index is -1.51. The molecule has 0 aliphatic rings. The molecule has 4 nitrogen and oxygen atoms in total. The first-order chi connectivity index (χ1) is 6.60. The van der Waals surface area contributed by atoms with E-state index >= 15 is 0 Å². The normalized spacial score (nSPS) is 17.8. The smallest absolute Gasteiger partial charge is 0.309 e. The molecule has 0 bridgehead atoms. The molecular weight excluding hydrogens is 232 g/mol. The van der Waals surface area contributed by atoms with Gasteiger partial charge in [0.2, 0.25) is 0 Å². The third kappa shape index (κ3) is 7.85. The van der Waals surface area contributed by atoms with Crippen molar-refractivity contribution >= 4 is 27.9 Å². The van der Waals surface area contributed by atoms with Crippen molar-refractivity contribution in [2.24, 2.45) is 0 Å². The largest absolute Gasteiger partial charge is 0.420 e. The van der Waals surface area contributed by atoms with Crippen LogP contribution in [-0.4, -0.2) is 41.1 Å². The minimum Gasteiger partial charge on any atom is -0.420 e. The second kappa shape index (κ2) is 8.77. The van der Waals surface area contributed by atoms with Crippen LogP contribution < -0.4 is 0 Å². The van der Waals surface area contributed by atoms with Gasteiger partial charge in [-0.3, -0.25) is 0 Å². The van der Waals surface area contributed by atoms with Crippen molar-refractivity contribution in [2.45, 2.75) is 33.5 Å². The van der Waals surface area contributed by atoms with Gasteiger partial charge in [-0.25, -0.2) is 0 Å². The molecule has 0 N–H and O–H groups in total. The Morgan fingerprint density at radius 3 is 1.36 bits per heavy atom. The lowest BCUT2D eigenvalue weighted by Gasteiger charge is -2.20. The lowest BCUT2D eigenvalue weighted by Crippen LogP contribution is -2.35. The molecular formula is C7H22O4Si3. The van der Waals surface area contributed by atoms with Gasteiger partial charge < -0.3 is 17.1 Å². The summed E-state index contributed by atoms with van der Waals surface area (Å²) in [6, 6.07) is 0. The summed E-state index contributed by atoms with van der Waals surface area (Å²) >= 11 is 0. The summed E-state index contributed by atoms with van der Waals surface area (Å²) < 4.78 is 22.2. The van der Waals surface area contributed by atoms with Crippen LogP contribution in [0.25, 0.3) is 0 Å². The van der Waals surface area contributed by atoms with E-state index in [2.05, 4.69) is 0 Å². The van der Waals surface area contributed by atoms with Crippen LogP contribution in [0.2, 0.25) is 19.6 Å². The van der Waals surface area contributed by atoms with Gasteiger partial charge in [0, 0.05) is 13.2 Å². The molecule has 2 atom stereocenters. The summed E-state index contributed by atoms with van der Waals surface area (Å²) in [4.78, 5) is 0. The molecule has 0 aliphatic heterocycles. The summed E-state index contributed by atoms with van der Waals surface area (Å²) in [6.07, 6.45) is 0. The number of hydrogen-bond donors (Lipinski definition) is 0. The Morgan fingerprint density at radius 1 is 0.714 bits per heavy atom. The average Bonchev–Trinajstić information content (AvgIpc) is 2.03. The minimum absolute atomic E-state index is 0.729. The van der Waals surface area contributed by atoms with E-state index in [9.17, 15) is 0 Å². The Morgan fingerprint density at radius 2 is 1.07 bits per heavy atom. The van der Waals surface area contributed by atoms with Crippen LogP contribution in [0.5, 0.6) is 0 Å². The van der Waals surface area contributed by atoms with Crippen LogP contribution in [0.4, 0.5) is 0 Å². The van der Waals surface area contributed by atoms with E-state index in [1.165, 1.54) is 0 Å². The maximum absolute atomic E-state index is 5.70. The van der Waals surface area contributed by atoms with E-state index in [-0.39, 0.29) is 0 Å². The molecule has 0 aromatic heterocycles. The third-order valence-corrected chi connectivity index (χ3v) is 9.31. The summed E-state index contributed by atoms with van der Waals surface area (Å²) in [7, 11) is -4.38. The van der Waals surface area contributed by atoms with Gasteiger partial charge in [0.05, 0.1) is 0 Å². The topological polar surface area (TPSA) is 36.9 Å². The molecule has 0 heterocycles. The van der Waals surface area contributed by atoms with Crippen molar-refractivity contribution < 1.29 is 17.1 Å². The third-order valence-electron chi connectivity index (χ3n) is 1.57. The molecule has 7 heteroatoms. The van der Waals surface area contributed by atoms with Gasteiger partial charge in [0.15, 0.2) is 0 Å². The van der Waals surface area contributed by atoms with Gasteiger partial charge in [-0.2, -0.15) is 0 Å². The van der Waals surface area contributed by atoms with Gasteiger partial charge in [-0.15, -0.1) is 0 Å². The molecule has 0 saturated carbocycles. The van der Waals surface area contributed by atoms with E-state index < -0.39 is 27.9 Å². The van der Waals surface area contributed by atoms with Crippen LogP contribution >= 0.6 is 0 Å². The van der Waals surface area contributed by atoms with Crippen LogP contribution in [-0.2, 0) is 17.1 Å². The second-order valence-corrected chi connectivity index (χ2v) is 9.14. The molecule has 0 saturated heterocycles. The first-order valence-corrected chi connectivity index (χ1v) is 11.4. The Bertz CT molecular complexity index is 124. The molecule has 86 valence electrons. The molecule has 0 radical (unpaired) electrons. The van der Waals surface area contributed by atoms with Gasteiger partial charge >= 0.3 is 18.6 Å². The van der Waals surface area contributed by atoms with E-state index in [0.29, 0.717) is 0 Å². The zero-order valence-electron chi connectivity index (χ0n) is 9.78. The molecule has 0 aromatic rings. The maximum atomic E-state index is 5.70. The fourth-order valence-electron chi connectivity index (χ4n) is 1.12. The zero-order chi connectivity index (χ0) is 11.0. The van der Waals surface area contributed by atoms with Crippen LogP contribution in [0.15, 0.2) is 0 Å². The lowest BCUT2D eigenvalue weighted by molar-refractivity contribution is 0.250. The molecule has 0 aliphatic carbocycles. The van der Waals surface area contributed by atoms with E-state index in [4.69, 9.17) is 17.1 Å². The van der Waals surface area contributed by atoms with Gasteiger partial charge in [0.25, 0.3) is 9.28 Å². The van der Waals surface area contributed by atoms with Crippen molar-refractivity contribution in [3.63, 3.8) is 0 Å². The van der Waals surface area contributed by atoms with E-state index in [0.717, 1.165) is 13.2 Å². The van der Waals surface area contributed by atoms with Crippen molar-refractivity contribution in [2.75, 3.05) is 13.2 Å². The summed E-state index contributed by atoms with van der Waals surface area (Å²) in [5.74, 6) is 0. The summed E-state index contributed by atoms with van der Waals surface area (Å²) in [5, 5.41) is 0. The van der Waals surface area contributed by atoms with Gasteiger partial charge in [-0.05, 0) is 33.5 Å². The van der Waals surface area contributed by atoms with Crippen molar-refractivity contribution in [1.82, 2.24) is 0 Å². The quantitative estimate of drug-likeness (QED) is 0.596. The van der Waals surface area contributed by atoms with Crippen molar-refractivity contribution in [1.29, 1.82) is 0 Å². The SMILES string of the molecule is CCO[SiH](C)O[SiH](C)O[SiH](C)OCC. The van der Waals surface area contributed by atoms with E-state index in [1.54, 1.807) is 0 Å². The number of rotatable bonds is 8. The van der Waals surface area contributed by atoms with Gasteiger partial charge in [-0.1, -0.05) is 0 Å². The highest BCUT2D eigenvalue weighted by Gasteiger charge is 2.16. The predicted molar refractivity (Wildman–Crippen MR) is 64.5 cm³/mol. The first-order valence-electron chi connectivity index (χ1n) is 5.14. The Kier molecular flexibility index (Phi) is 9.08. The Labute approximate surface area is 92.1 Å². The molecule has 0 fully saturated rings. The standard InChI is InChI=1S/C7H22O4Si3/c1-6-8-12(3)10-14(5)11-13(4)9-7-2/h12-14H,6-7H2,1-5H3. The summed E-state index contributed by atoms with van der Waals surface area (Å²) in [6.45, 7) is 11.5. The molecule has 0 amide bonds. The second-order valence-electron chi connectivity index (χ2n) is 2.89. The molecule has 14 heavy (non-hydrogen) atoms. The Hall–Kier alpha value is 0.491. The molecule has 2 unspecified atom stereocenters. The fraction of sp³-hybridized carbons (Fsp3) is 1.00. The lowest BCUT2D eigenvalue weighted by atomic mass is 10.9. The predicted octanol–water partition coefficient (Wildman–Crippen LogP) is 0.644. The first kappa shape index (κ1) is 14.5. The molecule has 0 rings (SSSR count). The van der Waals surface area contributed by atoms with Gasteiger partial charge in [0.1, 0.15) is 0 Å². The highest BCUT2D eigenvalue weighted by Crippen LogP contribution is 1.98. The van der Waals surface area contributed by atoms with Crippen molar-refractivity contribution in [3.8, 4) is 0 Å². The van der Waals surface area contributed by atoms with Crippen LogP contribution in [0.3, 0.4) is 0 Å². The molecule has 0 spiro atoms. The average molecular weight is 255 g/mol.